The van der Waals surface area contributed by atoms with Crippen LogP contribution in [0.15, 0.2) is 30.3 Å². The Labute approximate surface area is 216 Å². The van der Waals surface area contributed by atoms with Gasteiger partial charge in [0.15, 0.2) is 0 Å². The van der Waals surface area contributed by atoms with Gasteiger partial charge in [0.25, 0.3) is 0 Å². The van der Waals surface area contributed by atoms with Gasteiger partial charge in [0.05, 0.1) is 26.7 Å². The van der Waals surface area contributed by atoms with Crippen molar-refractivity contribution in [3.8, 4) is 0 Å². The zero-order valence-electron chi connectivity index (χ0n) is 20.6. The molecule has 0 spiro atoms. The summed E-state index contributed by atoms with van der Waals surface area (Å²) in [6, 6.07) is 11.8. The first-order valence-corrected chi connectivity index (χ1v) is 12.5. The third kappa shape index (κ3) is 16.1. The Kier molecular flexibility index (Phi) is 23.1. The second-order valence-electron chi connectivity index (χ2n) is 9.47. The van der Waals surface area contributed by atoms with Crippen molar-refractivity contribution in [3.63, 3.8) is 0 Å². The van der Waals surface area contributed by atoms with Gasteiger partial charge in [-0.05, 0) is 25.3 Å². The van der Waals surface area contributed by atoms with Crippen LogP contribution in [0.4, 0.5) is 0 Å². The van der Waals surface area contributed by atoms with Gasteiger partial charge in [0.1, 0.15) is 0 Å². The molecule has 0 bridgehead atoms. The first kappa shape index (κ1) is 32.6. The maximum Gasteiger partial charge on any atom is 0.0926 e. The van der Waals surface area contributed by atoms with E-state index < -0.39 is 0 Å². The summed E-state index contributed by atoms with van der Waals surface area (Å²) in [6.07, 6.45) is 21.3. The van der Waals surface area contributed by atoms with Crippen LogP contribution in [0.1, 0.15) is 109 Å². The first-order chi connectivity index (χ1) is 13.6. The molecule has 0 aliphatic rings. The molecular formula is C27H50ClNPb. The fourth-order valence-corrected chi connectivity index (χ4v) is 4.24. The SMILES string of the molecule is CCCCCCCCCCCCCCCC(Cc1ccccc1)[N+](C)(C)CC.[Cl-].[Pb]. The Morgan fingerprint density at radius 3 is 1.53 bits per heavy atom. The van der Waals surface area contributed by atoms with Gasteiger partial charge in [-0.25, -0.2) is 0 Å². The predicted molar refractivity (Wildman–Crippen MR) is 133 cm³/mol. The van der Waals surface area contributed by atoms with E-state index in [4.69, 9.17) is 0 Å². The molecule has 0 N–H and O–H groups in total. The first-order valence-electron chi connectivity index (χ1n) is 12.5. The zero-order valence-corrected chi connectivity index (χ0v) is 25.2. The third-order valence-electron chi connectivity index (χ3n) is 6.76. The standard InChI is InChI=1S/C27H50N.ClH.Pb/c1-5-7-8-9-10-11-12-13-14-15-16-17-21-24-27(28(3,4)6-2)25-26-22-19-18-20-23-26;;/h18-20,22-23,27H,5-17,21,24-25H2,1-4H3;1H;/q+1;;/p-1. The molecule has 0 heterocycles. The molecule has 4 radical (unpaired) electrons. The van der Waals surface area contributed by atoms with Crippen LogP contribution in [-0.2, 0) is 6.42 Å². The fraction of sp³-hybridized carbons (Fsp3) is 0.778. The smallest absolute Gasteiger partial charge is 0.0926 e. The van der Waals surface area contributed by atoms with E-state index in [1.165, 1.54) is 108 Å². The maximum atomic E-state index is 2.41. The number of nitrogens with zero attached hydrogens (tertiary/aromatic N) is 1. The van der Waals surface area contributed by atoms with Gasteiger partial charge in [-0.15, -0.1) is 0 Å². The summed E-state index contributed by atoms with van der Waals surface area (Å²) in [6.45, 7) is 5.85. The van der Waals surface area contributed by atoms with Gasteiger partial charge in [-0.3, -0.25) is 0 Å². The number of rotatable bonds is 18. The molecule has 1 rings (SSSR count). The normalized spacial score (nSPS) is 12.1. The van der Waals surface area contributed by atoms with Crippen LogP contribution >= 0.6 is 0 Å². The molecule has 0 aliphatic heterocycles. The number of halogens is 1. The average molecular weight is 631 g/mol. The van der Waals surface area contributed by atoms with Crippen molar-refractivity contribution in [2.75, 3.05) is 20.6 Å². The van der Waals surface area contributed by atoms with Crippen molar-refractivity contribution in [3.05, 3.63) is 35.9 Å². The van der Waals surface area contributed by atoms with Gasteiger partial charge < -0.3 is 16.9 Å². The molecule has 0 aromatic heterocycles. The summed E-state index contributed by atoms with van der Waals surface area (Å²) in [5, 5.41) is 0. The molecule has 1 aromatic carbocycles. The van der Waals surface area contributed by atoms with Crippen LogP contribution in [0, 0.1) is 0 Å². The predicted octanol–water partition coefficient (Wildman–Crippen LogP) is 4.80. The monoisotopic (exact) mass is 631 g/mol. The molecular weight excluding hydrogens is 581 g/mol. The van der Waals surface area contributed by atoms with E-state index in [0.29, 0.717) is 0 Å². The Balaban J connectivity index is 0. The minimum absolute atomic E-state index is 0. The second-order valence-corrected chi connectivity index (χ2v) is 9.47. The fourth-order valence-electron chi connectivity index (χ4n) is 4.24. The molecule has 174 valence electrons. The number of unbranched alkanes of at least 4 members (excludes halogenated alkanes) is 12. The van der Waals surface area contributed by atoms with E-state index in [9.17, 15) is 0 Å². The minimum atomic E-state index is 0. The van der Waals surface area contributed by atoms with Crippen molar-refractivity contribution in [1.29, 1.82) is 0 Å². The molecule has 0 aliphatic carbocycles. The van der Waals surface area contributed by atoms with Crippen LogP contribution in [0.3, 0.4) is 0 Å². The summed E-state index contributed by atoms with van der Waals surface area (Å²) >= 11 is 0. The topological polar surface area (TPSA) is 0 Å². The van der Waals surface area contributed by atoms with Crippen molar-refractivity contribution in [2.45, 2.75) is 116 Å². The van der Waals surface area contributed by atoms with Crippen LogP contribution in [0.25, 0.3) is 0 Å². The molecule has 1 nitrogen and oxygen atoms in total. The third-order valence-corrected chi connectivity index (χ3v) is 6.76. The molecule has 30 heavy (non-hydrogen) atoms. The van der Waals surface area contributed by atoms with Gasteiger partial charge in [-0.2, -0.15) is 0 Å². The van der Waals surface area contributed by atoms with Crippen molar-refractivity contribution < 1.29 is 16.9 Å². The van der Waals surface area contributed by atoms with E-state index >= 15 is 0 Å². The summed E-state index contributed by atoms with van der Waals surface area (Å²) < 4.78 is 1.15. The Bertz CT molecular complexity index is 463. The van der Waals surface area contributed by atoms with E-state index in [1.807, 2.05) is 0 Å². The van der Waals surface area contributed by atoms with E-state index in [-0.39, 0.29) is 39.7 Å². The number of hydrogen-bond acceptors (Lipinski definition) is 0. The van der Waals surface area contributed by atoms with Gasteiger partial charge >= 0.3 is 0 Å². The van der Waals surface area contributed by atoms with Crippen LogP contribution in [-0.4, -0.2) is 58.5 Å². The number of hydrogen-bond donors (Lipinski definition) is 0. The van der Waals surface area contributed by atoms with Gasteiger partial charge in [-0.1, -0.05) is 114 Å². The van der Waals surface area contributed by atoms with E-state index in [2.05, 4.69) is 58.3 Å². The largest absolute Gasteiger partial charge is 1.00 e. The number of quaternary nitrogens is 1. The molecule has 1 atom stereocenters. The van der Waals surface area contributed by atoms with Crippen molar-refractivity contribution in [2.24, 2.45) is 0 Å². The van der Waals surface area contributed by atoms with Gasteiger partial charge in [0, 0.05) is 33.7 Å². The van der Waals surface area contributed by atoms with Crippen molar-refractivity contribution in [1.82, 2.24) is 0 Å². The number of likely N-dealkylation sites (N-methyl/N-ethyl adjacent to an activating group) is 1. The van der Waals surface area contributed by atoms with Crippen LogP contribution < -0.4 is 12.4 Å². The van der Waals surface area contributed by atoms with Crippen molar-refractivity contribution >= 4 is 27.3 Å². The molecule has 3 heteroatoms. The second kappa shape index (κ2) is 21.2. The zero-order chi connectivity index (χ0) is 20.5. The molecule has 0 saturated carbocycles. The summed E-state index contributed by atoms with van der Waals surface area (Å²) in [5.74, 6) is 0. The molecule has 1 unspecified atom stereocenters. The molecule has 1 aromatic rings. The van der Waals surface area contributed by atoms with Crippen LogP contribution in [0.5, 0.6) is 0 Å². The molecule has 0 fully saturated rings. The van der Waals surface area contributed by atoms with E-state index in [0.717, 1.165) is 10.5 Å². The maximum absolute atomic E-state index is 2.41. The Hall–Kier alpha value is 0.392. The number of benzene rings is 1. The Morgan fingerprint density at radius 1 is 0.667 bits per heavy atom. The summed E-state index contributed by atoms with van der Waals surface area (Å²) in [7, 11) is 4.83. The summed E-state index contributed by atoms with van der Waals surface area (Å²) in [4.78, 5) is 0. The molecule has 0 saturated heterocycles. The Morgan fingerprint density at radius 2 is 1.10 bits per heavy atom. The molecule has 0 amide bonds. The quantitative estimate of drug-likeness (QED) is 0.124. The van der Waals surface area contributed by atoms with Crippen LogP contribution in [0.2, 0.25) is 0 Å². The minimum Gasteiger partial charge on any atom is -1.00 e. The summed E-state index contributed by atoms with van der Waals surface area (Å²) in [5.41, 5.74) is 1.50. The van der Waals surface area contributed by atoms with E-state index in [1.54, 1.807) is 0 Å². The average Bonchev–Trinajstić information content (AvgIpc) is 2.71. The van der Waals surface area contributed by atoms with Gasteiger partial charge in [0.2, 0.25) is 0 Å².